The van der Waals surface area contributed by atoms with Gasteiger partial charge in [0, 0.05) is 0 Å². The maximum Gasteiger partial charge on any atom is 2.00 e. The molecule has 0 aromatic heterocycles. The first-order valence-corrected chi connectivity index (χ1v) is 9.40. The van der Waals surface area contributed by atoms with Gasteiger partial charge in [-0.1, -0.05) is 84.0 Å². The number of rotatable bonds is 2. The van der Waals surface area contributed by atoms with E-state index in [4.69, 9.17) is 0 Å². The Bertz CT molecular complexity index is 559. The van der Waals surface area contributed by atoms with Gasteiger partial charge < -0.3 is 0 Å². The predicted molar refractivity (Wildman–Crippen MR) is 115 cm³/mol. The van der Waals surface area contributed by atoms with Gasteiger partial charge in [0.15, 0.2) is 0 Å². The Balaban J connectivity index is 0. The van der Waals surface area contributed by atoms with Crippen LogP contribution in [0.2, 0.25) is 0 Å². The summed E-state index contributed by atoms with van der Waals surface area (Å²) in [6.45, 7) is 13.3. The zero-order valence-corrected chi connectivity index (χ0v) is 21.5. The fourth-order valence-electron chi connectivity index (χ4n) is 4.25. The zero-order valence-electron chi connectivity index (χ0n) is 17.4. The average molecular weight is 475 g/mol. The van der Waals surface area contributed by atoms with Gasteiger partial charge in [-0.2, -0.15) is 22.8 Å². The molecule has 0 radical (unpaired) electrons. The quantitative estimate of drug-likeness (QED) is 0.356. The minimum atomic E-state index is 0. The normalized spacial score (nSPS) is 22.1. The van der Waals surface area contributed by atoms with Crippen molar-refractivity contribution < 1.29 is 26.2 Å². The summed E-state index contributed by atoms with van der Waals surface area (Å²) in [7, 11) is 0. The van der Waals surface area contributed by atoms with Gasteiger partial charge in [0.1, 0.15) is 0 Å². The second-order valence-electron chi connectivity index (χ2n) is 8.03. The maximum atomic E-state index is 3.44. The second-order valence-corrected chi connectivity index (χ2v) is 8.03. The summed E-state index contributed by atoms with van der Waals surface area (Å²) < 4.78 is 0. The van der Waals surface area contributed by atoms with Crippen LogP contribution < -0.4 is 0 Å². The molecule has 3 rings (SSSR count). The monoisotopic (exact) mass is 472 g/mol. The first kappa shape index (κ1) is 28.6. The van der Waals surface area contributed by atoms with Gasteiger partial charge >= 0.3 is 26.2 Å². The number of allylic oxidation sites excluding steroid dienone is 8. The minimum absolute atomic E-state index is 0. The molecule has 0 bridgehead atoms. The molecule has 0 nitrogen and oxygen atoms in total. The van der Waals surface area contributed by atoms with Crippen molar-refractivity contribution in [1.82, 2.24) is 0 Å². The van der Waals surface area contributed by atoms with Gasteiger partial charge in [0.2, 0.25) is 0 Å². The number of halogens is 2. The van der Waals surface area contributed by atoms with Crippen LogP contribution in [0.15, 0.2) is 34.4 Å². The Hall–Kier alpha value is 0.423. The largest absolute Gasteiger partial charge is 2.00 e. The third kappa shape index (κ3) is 6.49. The van der Waals surface area contributed by atoms with E-state index in [0.717, 1.165) is 6.42 Å². The van der Waals surface area contributed by atoms with E-state index in [-0.39, 0.29) is 56.4 Å². The van der Waals surface area contributed by atoms with Gasteiger partial charge in [0.25, 0.3) is 0 Å². The summed E-state index contributed by atoms with van der Waals surface area (Å²) in [6.07, 6.45) is 20.9. The van der Waals surface area contributed by atoms with E-state index in [0.29, 0.717) is 5.41 Å². The molecule has 0 unspecified atom stereocenters. The topological polar surface area (TPSA) is 0 Å². The molecule has 0 atom stereocenters. The van der Waals surface area contributed by atoms with Gasteiger partial charge in [-0.3, -0.25) is 12.2 Å². The number of hydrogen-bond acceptors (Lipinski definition) is 0. The van der Waals surface area contributed by atoms with Crippen LogP contribution in [0.1, 0.15) is 86.5 Å². The Morgan fingerprint density at radius 3 is 1.88 bits per heavy atom. The average Bonchev–Trinajstić information content (AvgIpc) is 3.14. The molecule has 26 heavy (non-hydrogen) atoms. The Morgan fingerprint density at radius 2 is 1.58 bits per heavy atom. The van der Waals surface area contributed by atoms with E-state index in [9.17, 15) is 0 Å². The Kier molecular flexibility index (Phi) is 13.3. The standard InChI is InChI=1S/C13H19.C10H15.2ClH.Zr/c1-2-13(10-6-3-7-11-13)12-8-4-5-9-12;1-7-6-10(4,5)9(3)8(7)2;;;/h8-9H,2-4,6-7,10-11H2,1H3;1-5H3;2*1H;/q2*-1;;;+2. The van der Waals surface area contributed by atoms with Crippen molar-refractivity contribution in [2.24, 2.45) is 10.8 Å². The van der Waals surface area contributed by atoms with Crippen molar-refractivity contribution in [2.75, 3.05) is 0 Å². The fraction of sp³-hybridized carbons (Fsp3) is 0.652. The van der Waals surface area contributed by atoms with Crippen molar-refractivity contribution in [3.8, 4) is 0 Å². The van der Waals surface area contributed by atoms with Crippen molar-refractivity contribution in [1.29, 1.82) is 0 Å². The molecule has 1 saturated carbocycles. The molecule has 3 aliphatic rings. The summed E-state index contributed by atoms with van der Waals surface area (Å²) in [5.41, 5.74) is 6.53. The van der Waals surface area contributed by atoms with Crippen LogP contribution in [-0.4, -0.2) is 0 Å². The van der Waals surface area contributed by atoms with E-state index < -0.39 is 0 Å². The van der Waals surface area contributed by atoms with Crippen LogP contribution in [0.25, 0.3) is 0 Å². The zero-order chi connectivity index (χ0) is 17.1. The van der Waals surface area contributed by atoms with Crippen molar-refractivity contribution >= 4 is 24.8 Å². The first-order valence-electron chi connectivity index (χ1n) is 9.40. The van der Waals surface area contributed by atoms with Gasteiger partial charge in [0.05, 0.1) is 0 Å². The first-order chi connectivity index (χ1) is 10.8. The maximum absolute atomic E-state index is 3.44. The Morgan fingerprint density at radius 1 is 1.00 bits per heavy atom. The SMILES string of the molecule is CC1=[C-]C(C)(C)C(C)=C1C.CCC1(C2=CC[C-]=C2)CCCCC1.Cl.Cl.[Zr+2]. The van der Waals surface area contributed by atoms with Gasteiger partial charge in [-0.25, -0.2) is 11.6 Å². The molecule has 146 valence electrons. The van der Waals surface area contributed by atoms with Crippen LogP contribution in [0.3, 0.4) is 0 Å². The molecule has 0 aromatic rings. The molecule has 1 fully saturated rings. The smallest absolute Gasteiger partial charge is 0.273 e. The van der Waals surface area contributed by atoms with Crippen LogP contribution in [0.5, 0.6) is 0 Å². The second kappa shape index (κ2) is 12.1. The van der Waals surface area contributed by atoms with Crippen LogP contribution >= 0.6 is 24.8 Å². The molecule has 0 N–H and O–H groups in total. The van der Waals surface area contributed by atoms with Crippen molar-refractivity contribution in [3.05, 3.63) is 46.6 Å². The van der Waals surface area contributed by atoms with E-state index in [1.54, 1.807) is 5.57 Å². The third-order valence-electron chi connectivity index (χ3n) is 6.36. The van der Waals surface area contributed by atoms with Crippen molar-refractivity contribution in [2.45, 2.75) is 86.5 Å². The van der Waals surface area contributed by atoms with Gasteiger partial charge in [-0.05, 0) is 0 Å². The summed E-state index contributed by atoms with van der Waals surface area (Å²) in [6, 6.07) is 0. The van der Waals surface area contributed by atoms with Gasteiger partial charge in [-0.15, -0.1) is 38.2 Å². The molecule has 0 heterocycles. The molecular weight excluding hydrogens is 438 g/mol. The molecule has 0 saturated heterocycles. The summed E-state index contributed by atoms with van der Waals surface area (Å²) >= 11 is 0. The summed E-state index contributed by atoms with van der Waals surface area (Å²) in [5.74, 6) is 0. The van der Waals surface area contributed by atoms with E-state index in [2.05, 4.69) is 65.8 Å². The van der Waals surface area contributed by atoms with Crippen molar-refractivity contribution in [3.63, 3.8) is 0 Å². The van der Waals surface area contributed by atoms with Crippen LogP contribution in [0.4, 0.5) is 0 Å². The molecule has 3 heteroatoms. The molecule has 0 spiro atoms. The molecular formula is C23H36Cl2Zr. The molecule has 0 aliphatic heterocycles. The van der Waals surface area contributed by atoms with E-state index in [1.807, 2.05) is 0 Å². The molecule has 0 amide bonds. The third-order valence-corrected chi connectivity index (χ3v) is 6.36. The van der Waals surface area contributed by atoms with E-state index in [1.165, 1.54) is 55.2 Å². The van der Waals surface area contributed by atoms with Crippen LogP contribution in [-0.2, 0) is 26.2 Å². The summed E-state index contributed by atoms with van der Waals surface area (Å²) in [4.78, 5) is 0. The molecule has 0 aromatic carbocycles. The predicted octanol–water partition coefficient (Wildman–Crippen LogP) is 7.99. The number of hydrogen-bond donors (Lipinski definition) is 0. The Labute approximate surface area is 194 Å². The summed E-state index contributed by atoms with van der Waals surface area (Å²) in [5, 5.41) is 0. The minimum Gasteiger partial charge on any atom is -0.273 e. The van der Waals surface area contributed by atoms with E-state index >= 15 is 0 Å². The molecule has 3 aliphatic carbocycles. The fourth-order valence-corrected chi connectivity index (χ4v) is 4.25. The van der Waals surface area contributed by atoms with Crippen LogP contribution in [0, 0.1) is 23.0 Å².